The number of nitrogens with one attached hydrogen (secondary N) is 2. The molecule has 5 aromatic rings. The Labute approximate surface area is 227 Å². The van der Waals surface area contributed by atoms with Gasteiger partial charge in [0.1, 0.15) is 5.82 Å². The molecular formula is C25H18BrFN6O2S2. The lowest BCUT2D eigenvalue weighted by Crippen LogP contribution is -2.24. The molecule has 2 N–H and O–H groups in total. The zero-order chi connectivity index (χ0) is 25.8. The topological polar surface area (TPSA) is 102 Å². The van der Waals surface area contributed by atoms with Crippen molar-refractivity contribution in [2.24, 2.45) is 0 Å². The second kappa shape index (κ2) is 11.2. The molecule has 3 aromatic carbocycles. The predicted molar refractivity (Wildman–Crippen MR) is 146 cm³/mol. The summed E-state index contributed by atoms with van der Waals surface area (Å²) in [5.41, 5.74) is 1.79. The minimum Gasteiger partial charge on any atom is -0.345 e. The van der Waals surface area contributed by atoms with E-state index in [0.717, 1.165) is 20.4 Å². The molecule has 0 aliphatic heterocycles. The number of halogens is 2. The van der Waals surface area contributed by atoms with Gasteiger partial charge in [0.25, 0.3) is 5.91 Å². The lowest BCUT2D eigenvalue weighted by atomic mass is 10.2. The number of thioether (sulfide) groups is 1. The molecule has 186 valence electrons. The number of anilines is 1. The van der Waals surface area contributed by atoms with Gasteiger partial charge in [0.15, 0.2) is 16.1 Å². The van der Waals surface area contributed by atoms with Crippen molar-refractivity contribution in [2.45, 2.75) is 11.7 Å². The van der Waals surface area contributed by atoms with Crippen molar-refractivity contribution in [1.29, 1.82) is 0 Å². The minimum atomic E-state index is -0.492. The van der Waals surface area contributed by atoms with E-state index in [1.165, 1.54) is 47.4 Å². The van der Waals surface area contributed by atoms with Crippen LogP contribution < -0.4 is 10.6 Å². The minimum absolute atomic E-state index is 0.0525. The van der Waals surface area contributed by atoms with Crippen molar-refractivity contribution >= 4 is 66.2 Å². The predicted octanol–water partition coefficient (Wildman–Crippen LogP) is 5.44. The third-order valence-corrected chi connectivity index (χ3v) is 7.56. The summed E-state index contributed by atoms with van der Waals surface area (Å²) >= 11 is 6.05. The van der Waals surface area contributed by atoms with Crippen LogP contribution in [-0.4, -0.2) is 37.3 Å². The van der Waals surface area contributed by atoms with E-state index in [0.29, 0.717) is 16.1 Å². The van der Waals surface area contributed by atoms with Crippen LogP contribution >= 0.6 is 39.0 Å². The highest BCUT2D eigenvalue weighted by Gasteiger charge is 2.18. The van der Waals surface area contributed by atoms with Crippen LogP contribution in [0.5, 0.6) is 0 Å². The lowest BCUT2D eigenvalue weighted by Gasteiger charge is -2.11. The Morgan fingerprint density at radius 1 is 1.03 bits per heavy atom. The van der Waals surface area contributed by atoms with Gasteiger partial charge in [-0.2, -0.15) is 0 Å². The van der Waals surface area contributed by atoms with E-state index in [1.54, 1.807) is 4.57 Å². The molecule has 0 spiro atoms. The van der Waals surface area contributed by atoms with E-state index in [4.69, 9.17) is 0 Å². The first-order valence-electron chi connectivity index (χ1n) is 11.0. The summed E-state index contributed by atoms with van der Waals surface area (Å²) < 4.78 is 17.2. The third kappa shape index (κ3) is 6.04. The molecule has 2 aromatic heterocycles. The Bertz CT molecular complexity index is 1550. The van der Waals surface area contributed by atoms with Gasteiger partial charge in [0.05, 0.1) is 22.5 Å². The zero-order valence-electron chi connectivity index (χ0n) is 19.0. The van der Waals surface area contributed by atoms with Crippen LogP contribution in [0.25, 0.3) is 15.9 Å². The number of hydrogen-bond donors (Lipinski definition) is 2. The molecule has 0 bridgehead atoms. The Morgan fingerprint density at radius 2 is 1.84 bits per heavy atom. The summed E-state index contributed by atoms with van der Waals surface area (Å²) in [5.74, 6) is -0.612. The first-order valence-corrected chi connectivity index (χ1v) is 13.6. The standard InChI is InChI=1S/C25H18BrFN6O2S2/c26-16-8-10-18(11-9-16)33-21(13-28-23(35)15-4-3-5-17(27)12-15)31-32-25(33)36-14-22(34)30-24-29-19-6-1-2-7-20(19)37-24/h1-12H,13-14H2,(H,28,35)(H,29,30,34). The van der Waals surface area contributed by atoms with E-state index in [2.05, 4.69) is 41.7 Å². The highest BCUT2D eigenvalue weighted by Crippen LogP contribution is 2.27. The number of carbonyl (C=O) groups is 2. The third-order valence-electron chi connectivity index (χ3n) is 5.15. The number of thiazole rings is 1. The molecule has 12 heteroatoms. The Balaban J connectivity index is 1.31. The molecule has 0 saturated heterocycles. The van der Waals surface area contributed by atoms with Crippen LogP contribution in [0.15, 0.2) is 82.4 Å². The van der Waals surface area contributed by atoms with Gasteiger partial charge in [0, 0.05) is 15.7 Å². The van der Waals surface area contributed by atoms with Gasteiger partial charge < -0.3 is 10.6 Å². The van der Waals surface area contributed by atoms with Crippen molar-refractivity contribution in [3.8, 4) is 5.69 Å². The van der Waals surface area contributed by atoms with E-state index in [1.807, 2.05) is 48.5 Å². The largest absolute Gasteiger partial charge is 0.345 e. The fraction of sp³-hybridized carbons (Fsp3) is 0.0800. The van der Waals surface area contributed by atoms with Crippen molar-refractivity contribution in [2.75, 3.05) is 11.1 Å². The number of benzene rings is 3. The summed E-state index contributed by atoms with van der Waals surface area (Å²) in [6, 6.07) is 20.6. The SMILES string of the molecule is O=C(CSc1nnc(CNC(=O)c2cccc(F)c2)n1-c1ccc(Br)cc1)Nc1nc2ccccc2s1. The second-order valence-electron chi connectivity index (χ2n) is 7.73. The Hall–Kier alpha value is -3.61. The molecule has 0 atom stereocenters. The van der Waals surface area contributed by atoms with Gasteiger partial charge in [-0.3, -0.25) is 14.2 Å². The Kier molecular flexibility index (Phi) is 7.58. The van der Waals surface area contributed by atoms with Crippen LogP contribution in [0, 0.1) is 5.82 Å². The summed E-state index contributed by atoms with van der Waals surface area (Å²) in [4.78, 5) is 29.6. The summed E-state index contributed by atoms with van der Waals surface area (Å²) in [5, 5.41) is 15.1. The molecular weight excluding hydrogens is 579 g/mol. The van der Waals surface area contributed by atoms with E-state index in [-0.39, 0.29) is 23.8 Å². The van der Waals surface area contributed by atoms with Crippen molar-refractivity contribution in [3.63, 3.8) is 0 Å². The summed E-state index contributed by atoms with van der Waals surface area (Å²) in [6.07, 6.45) is 0. The molecule has 0 aliphatic carbocycles. The first-order chi connectivity index (χ1) is 18.0. The van der Waals surface area contributed by atoms with Crippen LogP contribution in [0.4, 0.5) is 9.52 Å². The molecule has 2 heterocycles. The Morgan fingerprint density at radius 3 is 2.62 bits per heavy atom. The molecule has 37 heavy (non-hydrogen) atoms. The molecule has 2 amide bonds. The lowest BCUT2D eigenvalue weighted by molar-refractivity contribution is -0.113. The fourth-order valence-corrected chi connectivity index (χ4v) is 5.38. The second-order valence-corrected chi connectivity index (χ2v) is 10.6. The number of aromatic nitrogens is 4. The van der Waals surface area contributed by atoms with Crippen LogP contribution in [0.3, 0.4) is 0 Å². The van der Waals surface area contributed by atoms with Crippen LogP contribution in [-0.2, 0) is 11.3 Å². The smallest absolute Gasteiger partial charge is 0.251 e. The number of carbonyl (C=O) groups excluding carboxylic acids is 2. The first kappa shape index (κ1) is 25.1. The summed E-state index contributed by atoms with van der Waals surface area (Å²) in [7, 11) is 0. The maximum Gasteiger partial charge on any atom is 0.251 e. The summed E-state index contributed by atoms with van der Waals surface area (Å²) in [6.45, 7) is 0.0525. The van der Waals surface area contributed by atoms with E-state index < -0.39 is 11.7 Å². The molecule has 0 saturated carbocycles. The molecule has 0 fully saturated rings. The fourth-order valence-electron chi connectivity index (χ4n) is 3.46. The van der Waals surface area contributed by atoms with Gasteiger partial charge in [-0.05, 0) is 54.6 Å². The number of rotatable bonds is 8. The van der Waals surface area contributed by atoms with Gasteiger partial charge in [-0.25, -0.2) is 9.37 Å². The maximum atomic E-state index is 13.5. The molecule has 0 unspecified atom stereocenters. The van der Waals surface area contributed by atoms with E-state index in [9.17, 15) is 14.0 Å². The number of fused-ring (bicyclic) bond motifs is 1. The quantitative estimate of drug-likeness (QED) is 0.231. The number of nitrogens with zero attached hydrogens (tertiary/aromatic N) is 4. The highest BCUT2D eigenvalue weighted by molar-refractivity contribution is 9.10. The normalized spacial score (nSPS) is 11.0. The zero-order valence-corrected chi connectivity index (χ0v) is 22.2. The van der Waals surface area contributed by atoms with Crippen molar-refractivity contribution in [1.82, 2.24) is 25.1 Å². The maximum absolute atomic E-state index is 13.5. The number of amides is 2. The average Bonchev–Trinajstić information content (AvgIpc) is 3.49. The van der Waals surface area contributed by atoms with E-state index >= 15 is 0 Å². The molecule has 0 aliphatic rings. The highest BCUT2D eigenvalue weighted by atomic mass is 79.9. The molecule has 8 nitrogen and oxygen atoms in total. The van der Waals surface area contributed by atoms with Crippen LogP contribution in [0.2, 0.25) is 0 Å². The van der Waals surface area contributed by atoms with Gasteiger partial charge in [-0.1, -0.05) is 57.2 Å². The van der Waals surface area contributed by atoms with Crippen LogP contribution in [0.1, 0.15) is 16.2 Å². The molecule has 0 radical (unpaired) electrons. The average molecular weight is 597 g/mol. The van der Waals surface area contributed by atoms with Gasteiger partial charge in [-0.15, -0.1) is 10.2 Å². The number of hydrogen-bond acceptors (Lipinski definition) is 7. The van der Waals surface area contributed by atoms with Gasteiger partial charge in [0.2, 0.25) is 5.91 Å². The number of para-hydroxylation sites is 1. The van der Waals surface area contributed by atoms with Crippen molar-refractivity contribution in [3.05, 3.63) is 94.5 Å². The monoisotopic (exact) mass is 596 g/mol. The molecule has 5 rings (SSSR count). The van der Waals surface area contributed by atoms with Gasteiger partial charge >= 0.3 is 0 Å². The van der Waals surface area contributed by atoms with Crippen molar-refractivity contribution < 1.29 is 14.0 Å².